The van der Waals surface area contributed by atoms with Gasteiger partial charge < -0.3 is 15.3 Å². The van der Waals surface area contributed by atoms with Crippen LogP contribution in [-0.4, -0.2) is 38.8 Å². The minimum atomic E-state index is -0.941. The van der Waals surface area contributed by atoms with Gasteiger partial charge in [-0.25, -0.2) is 4.79 Å². The van der Waals surface area contributed by atoms with Crippen molar-refractivity contribution < 1.29 is 24.9 Å². The first kappa shape index (κ1) is 25.6. The van der Waals surface area contributed by atoms with Gasteiger partial charge in [0.05, 0.1) is 11.7 Å². The average molecular weight is 409 g/mol. The quantitative estimate of drug-likeness (QED) is 0.193. The van der Waals surface area contributed by atoms with Gasteiger partial charge in [0.1, 0.15) is 5.78 Å². The first-order valence-electron chi connectivity index (χ1n) is 11.3. The van der Waals surface area contributed by atoms with Crippen LogP contribution in [0.4, 0.5) is 0 Å². The van der Waals surface area contributed by atoms with Gasteiger partial charge >= 0.3 is 5.97 Å². The summed E-state index contributed by atoms with van der Waals surface area (Å²) in [6.07, 6.45) is 14.5. The van der Waals surface area contributed by atoms with E-state index in [2.05, 4.69) is 13.5 Å². The lowest BCUT2D eigenvalue weighted by atomic mass is 9.83. The van der Waals surface area contributed by atoms with Gasteiger partial charge in [-0.15, -0.1) is 6.58 Å². The molecule has 1 rings (SSSR count). The molecule has 0 aromatic heterocycles. The molecular formula is C24H40O5. The fourth-order valence-electron chi connectivity index (χ4n) is 4.43. The number of aliphatic hydroxyl groups is 2. The third-order valence-corrected chi connectivity index (χ3v) is 6.22. The minimum Gasteiger partial charge on any atom is -0.478 e. The number of allylic oxidation sites excluding steroid dienone is 1. The normalized spacial score (nSPS) is 24.1. The van der Waals surface area contributed by atoms with E-state index < -0.39 is 17.7 Å². The number of ketones is 1. The van der Waals surface area contributed by atoms with Crippen molar-refractivity contribution in [1.29, 1.82) is 0 Å². The fourth-order valence-corrected chi connectivity index (χ4v) is 4.43. The number of unbranched alkanes of at least 4 members (excludes halogenated alkanes) is 5. The predicted octanol–water partition coefficient (Wildman–Crippen LogP) is 4.81. The average Bonchev–Trinajstić information content (AvgIpc) is 2.94. The van der Waals surface area contributed by atoms with Crippen LogP contribution in [0.25, 0.3) is 0 Å². The van der Waals surface area contributed by atoms with Gasteiger partial charge in [0, 0.05) is 18.4 Å². The summed E-state index contributed by atoms with van der Waals surface area (Å²) in [6.45, 7) is 5.97. The molecule has 0 unspecified atom stereocenters. The van der Waals surface area contributed by atoms with Gasteiger partial charge in [-0.1, -0.05) is 51.2 Å². The van der Waals surface area contributed by atoms with E-state index in [1.165, 1.54) is 6.42 Å². The maximum Gasteiger partial charge on any atom is 0.327 e. The van der Waals surface area contributed by atoms with Gasteiger partial charge in [-0.05, 0) is 50.9 Å². The van der Waals surface area contributed by atoms with Crippen molar-refractivity contribution in [2.24, 2.45) is 11.8 Å². The number of hydrogen-bond donors (Lipinski definition) is 3. The fraction of sp³-hybridized carbons (Fsp3) is 0.750. The van der Waals surface area contributed by atoms with Crippen molar-refractivity contribution in [1.82, 2.24) is 0 Å². The number of Topliss-reactive ketones (excluding diaryl/α,β-unsaturated/α-hetero) is 1. The molecule has 29 heavy (non-hydrogen) atoms. The molecule has 0 aromatic rings. The van der Waals surface area contributed by atoms with Crippen LogP contribution in [0, 0.1) is 11.8 Å². The molecule has 0 radical (unpaired) electrons. The van der Waals surface area contributed by atoms with Crippen molar-refractivity contribution in [3.05, 3.63) is 24.8 Å². The Morgan fingerprint density at radius 1 is 1.14 bits per heavy atom. The van der Waals surface area contributed by atoms with E-state index in [0.29, 0.717) is 12.8 Å². The number of aliphatic hydroxyl groups excluding tert-OH is 1. The van der Waals surface area contributed by atoms with E-state index in [4.69, 9.17) is 5.11 Å². The highest BCUT2D eigenvalue weighted by Crippen LogP contribution is 2.37. The van der Waals surface area contributed by atoms with E-state index in [0.717, 1.165) is 63.9 Å². The maximum atomic E-state index is 12.3. The Morgan fingerprint density at radius 3 is 2.52 bits per heavy atom. The zero-order valence-corrected chi connectivity index (χ0v) is 18.0. The van der Waals surface area contributed by atoms with E-state index in [-0.39, 0.29) is 24.0 Å². The molecule has 0 amide bonds. The summed E-state index contributed by atoms with van der Waals surface area (Å²) in [4.78, 5) is 22.8. The molecule has 5 nitrogen and oxygen atoms in total. The largest absolute Gasteiger partial charge is 0.478 e. The summed E-state index contributed by atoms with van der Waals surface area (Å²) in [6, 6.07) is 0. The number of hydrogen-bond acceptors (Lipinski definition) is 4. The second kappa shape index (κ2) is 13.7. The van der Waals surface area contributed by atoms with Gasteiger partial charge in [-0.3, -0.25) is 4.79 Å². The monoisotopic (exact) mass is 408 g/mol. The van der Waals surface area contributed by atoms with Crippen LogP contribution < -0.4 is 0 Å². The lowest BCUT2D eigenvalue weighted by Crippen LogP contribution is -2.27. The highest BCUT2D eigenvalue weighted by Gasteiger charge is 2.40. The Balaban J connectivity index is 2.43. The molecule has 1 aliphatic carbocycles. The van der Waals surface area contributed by atoms with Gasteiger partial charge in [-0.2, -0.15) is 0 Å². The van der Waals surface area contributed by atoms with Crippen molar-refractivity contribution in [2.45, 2.75) is 102 Å². The van der Waals surface area contributed by atoms with Crippen LogP contribution in [0.1, 0.15) is 90.4 Å². The topological polar surface area (TPSA) is 94.8 Å². The minimum absolute atomic E-state index is 0.0359. The summed E-state index contributed by atoms with van der Waals surface area (Å²) in [5.74, 6) is -0.952. The van der Waals surface area contributed by atoms with Crippen molar-refractivity contribution in [3.63, 3.8) is 0 Å². The van der Waals surface area contributed by atoms with Gasteiger partial charge in [0.2, 0.25) is 0 Å². The molecule has 4 atom stereocenters. The molecule has 0 heterocycles. The number of carboxylic acid groups (broad SMARTS) is 1. The second-order valence-corrected chi connectivity index (χ2v) is 8.54. The number of carbonyl (C=O) groups excluding carboxylic acids is 1. The lowest BCUT2D eigenvalue weighted by molar-refractivity contribution is -0.131. The molecule has 0 aromatic carbocycles. The molecule has 3 N–H and O–H groups in total. The number of carbonyl (C=O) groups is 2. The zero-order chi connectivity index (χ0) is 21.7. The number of aliphatic carboxylic acids is 1. The summed E-state index contributed by atoms with van der Waals surface area (Å²) in [5.41, 5.74) is -0.854. The smallest absolute Gasteiger partial charge is 0.327 e. The Kier molecular flexibility index (Phi) is 12.1. The molecule has 0 spiro atoms. The second-order valence-electron chi connectivity index (χ2n) is 8.54. The Morgan fingerprint density at radius 2 is 1.86 bits per heavy atom. The number of carboxylic acids is 1. The van der Waals surface area contributed by atoms with Crippen LogP contribution in [-0.2, 0) is 9.59 Å². The lowest BCUT2D eigenvalue weighted by Gasteiger charge is -2.26. The molecule has 1 aliphatic rings. The van der Waals surface area contributed by atoms with E-state index >= 15 is 0 Å². The number of rotatable bonds is 16. The van der Waals surface area contributed by atoms with Crippen molar-refractivity contribution >= 4 is 11.8 Å². The third kappa shape index (κ3) is 9.72. The molecule has 166 valence electrons. The molecule has 0 saturated heterocycles. The Bertz CT molecular complexity index is 541. The summed E-state index contributed by atoms with van der Waals surface area (Å²) in [5, 5.41) is 29.7. The highest BCUT2D eigenvalue weighted by molar-refractivity contribution is 5.84. The van der Waals surface area contributed by atoms with E-state index in [9.17, 15) is 19.8 Å². The SMILES string of the molecule is C=C[C@@](O)(CCCCCC)CCC[C@H]1[C@H](O)CC(=O)[C@@H]1CCCCC=CC(=O)O. The molecule has 1 saturated carbocycles. The molecule has 1 fully saturated rings. The van der Waals surface area contributed by atoms with E-state index in [1.54, 1.807) is 12.2 Å². The first-order valence-corrected chi connectivity index (χ1v) is 11.3. The molecule has 0 bridgehead atoms. The third-order valence-electron chi connectivity index (χ3n) is 6.22. The van der Waals surface area contributed by atoms with Crippen LogP contribution in [0.3, 0.4) is 0 Å². The van der Waals surface area contributed by atoms with Crippen LogP contribution >= 0.6 is 0 Å². The molecular weight excluding hydrogens is 368 g/mol. The zero-order valence-electron chi connectivity index (χ0n) is 18.0. The first-order chi connectivity index (χ1) is 13.8. The maximum absolute atomic E-state index is 12.3. The Labute approximate surface area is 175 Å². The van der Waals surface area contributed by atoms with Crippen LogP contribution in [0.2, 0.25) is 0 Å². The van der Waals surface area contributed by atoms with Crippen LogP contribution in [0.5, 0.6) is 0 Å². The predicted molar refractivity (Wildman–Crippen MR) is 116 cm³/mol. The molecule has 5 heteroatoms. The summed E-state index contributed by atoms with van der Waals surface area (Å²) >= 11 is 0. The summed E-state index contributed by atoms with van der Waals surface area (Å²) in [7, 11) is 0. The van der Waals surface area contributed by atoms with Gasteiger partial charge in [0.25, 0.3) is 0 Å². The Hall–Kier alpha value is -1.46. The van der Waals surface area contributed by atoms with Crippen molar-refractivity contribution in [2.75, 3.05) is 0 Å². The summed E-state index contributed by atoms with van der Waals surface area (Å²) < 4.78 is 0. The van der Waals surface area contributed by atoms with Crippen LogP contribution in [0.15, 0.2) is 24.8 Å². The highest BCUT2D eigenvalue weighted by atomic mass is 16.4. The van der Waals surface area contributed by atoms with Gasteiger partial charge in [0.15, 0.2) is 0 Å². The molecule has 0 aliphatic heterocycles. The standard InChI is InChI=1S/C24H40O5/c1-3-5-6-11-16-24(29,4-2)17-12-14-20-19(21(25)18-22(20)26)13-9-7-8-10-15-23(27)28/h4,10,15,19-20,22,26,29H,2-3,5-9,11-14,16-18H2,1H3,(H,27,28)/t19-,20-,22-,24-/m1/s1. The van der Waals surface area contributed by atoms with Crippen molar-refractivity contribution in [3.8, 4) is 0 Å². The van der Waals surface area contributed by atoms with E-state index in [1.807, 2.05) is 0 Å².